The van der Waals surface area contributed by atoms with Crippen LogP contribution in [0.1, 0.15) is 12.5 Å². The van der Waals surface area contributed by atoms with Gasteiger partial charge >= 0.3 is 0 Å². The highest BCUT2D eigenvalue weighted by Gasteiger charge is 2.08. The van der Waals surface area contributed by atoms with Crippen molar-refractivity contribution in [1.82, 2.24) is 4.57 Å². The smallest absolute Gasteiger partial charge is 0.250 e. The summed E-state index contributed by atoms with van der Waals surface area (Å²) in [5.74, 6) is 0.812. The number of benzene rings is 1. The molecule has 0 saturated carbocycles. The van der Waals surface area contributed by atoms with E-state index in [0.29, 0.717) is 13.2 Å². The van der Waals surface area contributed by atoms with E-state index < -0.39 is 0 Å². The minimum absolute atomic E-state index is 0.0244. The van der Waals surface area contributed by atoms with E-state index in [1.165, 1.54) is 0 Å². The topological polar surface area (TPSA) is 31.2 Å². The Bertz CT molecular complexity index is 671. The maximum atomic E-state index is 11.9. The minimum Gasteiger partial charge on any atom is -0.490 e. The van der Waals surface area contributed by atoms with Crippen molar-refractivity contribution in [2.75, 3.05) is 6.61 Å². The first-order chi connectivity index (χ1) is 9.67. The lowest BCUT2D eigenvalue weighted by molar-refractivity contribution is 0.363. The van der Waals surface area contributed by atoms with Crippen molar-refractivity contribution in [3.05, 3.63) is 65.0 Å². The van der Waals surface area contributed by atoms with Crippen molar-refractivity contribution in [3.8, 4) is 17.0 Å². The van der Waals surface area contributed by atoms with Gasteiger partial charge in [0.05, 0.1) is 5.69 Å². The molecule has 3 nitrogen and oxygen atoms in total. The zero-order valence-electron chi connectivity index (χ0n) is 11.9. The van der Waals surface area contributed by atoms with Gasteiger partial charge in [0.2, 0.25) is 0 Å². The number of hydrogen-bond acceptors (Lipinski definition) is 2. The Morgan fingerprint density at radius 2 is 2.10 bits per heavy atom. The number of hydrogen-bond donors (Lipinski definition) is 0. The lowest BCUT2D eigenvalue weighted by atomic mass is 10.0. The first kappa shape index (κ1) is 14.1. The van der Waals surface area contributed by atoms with Crippen LogP contribution in [0.5, 0.6) is 5.75 Å². The summed E-state index contributed by atoms with van der Waals surface area (Å²) in [5, 5.41) is 0. The molecule has 0 N–H and O–H groups in total. The van der Waals surface area contributed by atoms with E-state index in [4.69, 9.17) is 4.74 Å². The van der Waals surface area contributed by atoms with Crippen LogP contribution in [-0.2, 0) is 6.54 Å². The second kappa shape index (κ2) is 6.24. The molecule has 0 aliphatic carbocycles. The molecule has 0 bridgehead atoms. The average Bonchev–Trinajstić information content (AvgIpc) is 2.45. The van der Waals surface area contributed by atoms with Crippen LogP contribution in [0, 0.1) is 6.92 Å². The van der Waals surface area contributed by atoms with Gasteiger partial charge in [0.1, 0.15) is 12.4 Å². The molecule has 0 aliphatic heterocycles. The van der Waals surface area contributed by atoms with Gasteiger partial charge in [0.15, 0.2) is 0 Å². The molecule has 1 heterocycles. The number of pyridine rings is 1. The minimum atomic E-state index is 0.0244. The Kier molecular flexibility index (Phi) is 4.41. The third kappa shape index (κ3) is 2.82. The van der Waals surface area contributed by atoms with Crippen LogP contribution in [0.15, 0.2) is 53.8 Å². The van der Waals surface area contributed by atoms with Gasteiger partial charge in [-0.15, -0.1) is 0 Å². The van der Waals surface area contributed by atoms with Crippen molar-refractivity contribution < 1.29 is 4.74 Å². The molecule has 0 atom stereocenters. The predicted molar refractivity (Wildman–Crippen MR) is 82.2 cm³/mol. The normalized spacial score (nSPS) is 10.3. The number of ether oxygens (including phenoxy) is 1. The molecule has 0 saturated heterocycles. The highest BCUT2D eigenvalue weighted by Crippen LogP contribution is 2.26. The van der Waals surface area contributed by atoms with Crippen LogP contribution in [0.2, 0.25) is 0 Å². The van der Waals surface area contributed by atoms with E-state index in [0.717, 1.165) is 22.6 Å². The van der Waals surface area contributed by atoms with E-state index in [9.17, 15) is 4.79 Å². The maximum Gasteiger partial charge on any atom is 0.250 e. The molecule has 20 heavy (non-hydrogen) atoms. The lowest BCUT2D eigenvalue weighted by Gasteiger charge is -2.14. The number of rotatable bonds is 5. The van der Waals surface area contributed by atoms with Crippen LogP contribution in [0.25, 0.3) is 11.3 Å². The highest BCUT2D eigenvalue weighted by molar-refractivity contribution is 5.65. The Morgan fingerprint density at radius 3 is 2.75 bits per heavy atom. The summed E-state index contributed by atoms with van der Waals surface area (Å²) in [6.45, 7) is 8.77. The lowest BCUT2D eigenvalue weighted by Crippen LogP contribution is -2.19. The SMILES string of the molecule is C=CCOc1ccc(-c2cccc(=O)n2CC)c(C)c1. The van der Waals surface area contributed by atoms with Crippen molar-refractivity contribution in [2.24, 2.45) is 0 Å². The monoisotopic (exact) mass is 269 g/mol. The number of aryl methyl sites for hydroxylation is 1. The quantitative estimate of drug-likeness (QED) is 0.779. The van der Waals surface area contributed by atoms with E-state index in [2.05, 4.69) is 6.58 Å². The van der Waals surface area contributed by atoms with E-state index in [-0.39, 0.29) is 5.56 Å². The molecule has 2 aromatic rings. The Balaban J connectivity index is 2.46. The van der Waals surface area contributed by atoms with Gasteiger partial charge < -0.3 is 9.30 Å². The van der Waals surface area contributed by atoms with Crippen molar-refractivity contribution in [1.29, 1.82) is 0 Å². The maximum absolute atomic E-state index is 11.9. The van der Waals surface area contributed by atoms with Crippen molar-refractivity contribution in [2.45, 2.75) is 20.4 Å². The summed E-state index contributed by atoms with van der Waals surface area (Å²) < 4.78 is 7.29. The molecule has 3 heteroatoms. The highest BCUT2D eigenvalue weighted by atomic mass is 16.5. The van der Waals surface area contributed by atoms with Gasteiger partial charge in [-0.3, -0.25) is 4.79 Å². The average molecular weight is 269 g/mol. The van der Waals surface area contributed by atoms with Crippen molar-refractivity contribution in [3.63, 3.8) is 0 Å². The fourth-order valence-electron chi connectivity index (χ4n) is 2.25. The molecule has 0 fully saturated rings. The molecule has 1 aromatic heterocycles. The van der Waals surface area contributed by atoms with Crippen LogP contribution in [-0.4, -0.2) is 11.2 Å². The standard InChI is InChI=1S/C17H19NO2/c1-4-11-20-14-9-10-15(13(3)12-14)16-7-6-8-17(19)18(16)5-2/h4,6-10,12H,1,5,11H2,2-3H3. The third-order valence-corrected chi connectivity index (χ3v) is 3.21. The molecule has 0 unspecified atom stereocenters. The summed E-state index contributed by atoms with van der Waals surface area (Å²) in [6, 6.07) is 11.3. The fourth-order valence-corrected chi connectivity index (χ4v) is 2.25. The predicted octanol–water partition coefficient (Wildman–Crippen LogP) is 3.41. The summed E-state index contributed by atoms with van der Waals surface area (Å²) in [7, 11) is 0. The summed E-state index contributed by atoms with van der Waals surface area (Å²) in [5.41, 5.74) is 3.10. The largest absolute Gasteiger partial charge is 0.490 e. The molecule has 0 aliphatic rings. The summed E-state index contributed by atoms with van der Waals surface area (Å²) >= 11 is 0. The van der Waals surface area contributed by atoms with E-state index >= 15 is 0 Å². The Hall–Kier alpha value is -2.29. The van der Waals surface area contributed by atoms with Crippen LogP contribution < -0.4 is 10.3 Å². The van der Waals surface area contributed by atoms with Gasteiger partial charge in [-0.1, -0.05) is 18.7 Å². The molecular formula is C17H19NO2. The van der Waals surface area contributed by atoms with E-state index in [1.54, 1.807) is 22.8 Å². The van der Waals surface area contributed by atoms with Gasteiger partial charge in [-0.05, 0) is 43.7 Å². The second-order valence-electron chi connectivity index (χ2n) is 4.57. The van der Waals surface area contributed by atoms with Crippen LogP contribution >= 0.6 is 0 Å². The molecule has 0 spiro atoms. The van der Waals surface area contributed by atoms with Crippen LogP contribution in [0.3, 0.4) is 0 Å². The third-order valence-electron chi connectivity index (χ3n) is 3.21. The number of nitrogens with zero attached hydrogens (tertiary/aromatic N) is 1. The molecule has 1 aromatic carbocycles. The molecular weight excluding hydrogens is 250 g/mol. The van der Waals surface area contributed by atoms with Crippen LogP contribution in [0.4, 0.5) is 0 Å². The van der Waals surface area contributed by atoms with Gasteiger partial charge in [-0.2, -0.15) is 0 Å². The fraction of sp³-hybridized carbons (Fsp3) is 0.235. The van der Waals surface area contributed by atoms with Crippen molar-refractivity contribution >= 4 is 0 Å². The van der Waals surface area contributed by atoms with Gasteiger partial charge in [-0.25, -0.2) is 0 Å². The Morgan fingerprint density at radius 1 is 1.30 bits per heavy atom. The molecule has 0 amide bonds. The summed E-state index contributed by atoms with van der Waals surface area (Å²) in [4.78, 5) is 11.9. The Labute approximate surface area is 119 Å². The zero-order chi connectivity index (χ0) is 14.5. The van der Waals surface area contributed by atoms with Gasteiger partial charge in [0.25, 0.3) is 5.56 Å². The summed E-state index contributed by atoms with van der Waals surface area (Å²) in [6.07, 6.45) is 1.72. The number of aromatic nitrogens is 1. The molecule has 0 radical (unpaired) electrons. The second-order valence-corrected chi connectivity index (χ2v) is 4.57. The first-order valence-corrected chi connectivity index (χ1v) is 6.72. The van der Waals surface area contributed by atoms with Gasteiger partial charge in [0, 0.05) is 18.2 Å². The molecule has 104 valence electrons. The first-order valence-electron chi connectivity index (χ1n) is 6.72. The van der Waals surface area contributed by atoms with E-state index in [1.807, 2.05) is 38.1 Å². The molecule has 2 rings (SSSR count). The zero-order valence-corrected chi connectivity index (χ0v) is 11.9.